The summed E-state index contributed by atoms with van der Waals surface area (Å²) < 4.78 is 11.8. The Labute approximate surface area is 145 Å². The maximum absolute atomic E-state index is 12.6. The molecule has 0 unspecified atom stereocenters. The first-order valence-corrected chi connectivity index (χ1v) is 8.03. The van der Waals surface area contributed by atoms with Crippen molar-refractivity contribution in [1.82, 2.24) is 9.97 Å². The smallest absolute Gasteiger partial charge is 0.259 e. The molecule has 0 aliphatic heterocycles. The van der Waals surface area contributed by atoms with Gasteiger partial charge in [-0.3, -0.25) is 9.59 Å². The zero-order chi connectivity index (χ0) is 17.7. The summed E-state index contributed by atoms with van der Waals surface area (Å²) in [5, 5.41) is 0.597. The highest BCUT2D eigenvalue weighted by Gasteiger charge is 2.09. The van der Waals surface area contributed by atoms with Crippen LogP contribution in [0, 0.1) is 0 Å². The zero-order valence-electron chi connectivity index (χ0n) is 13.4. The van der Waals surface area contributed by atoms with Gasteiger partial charge in [-0.1, -0.05) is 24.3 Å². The first-order chi connectivity index (χ1) is 12.7. The molecule has 0 amide bonds. The molecule has 6 nitrogen and oxygen atoms in total. The lowest BCUT2D eigenvalue weighted by Crippen LogP contribution is -2.04. The van der Waals surface area contributed by atoms with E-state index in [1.807, 2.05) is 12.1 Å². The number of nitrogens with one attached hydrogen (secondary N) is 2. The van der Waals surface area contributed by atoms with Gasteiger partial charge in [-0.15, -0.1) is 0 Å². The molecule has 0 spiro atoms. The van der Waals surface area contributed by atoms with Gasteiger partial charge in [-0.05, 0) is 36.4 Å². The third-order valence-corrected chi connectivity index (χ3v) is 4.28. The van der Waals surface area contributed by atoms with Gasteiger partial charge < -0.3 is 18.8 Å². The molecule has 26 heavy (non-hydrogen) atoms. The fourth-order valence-electron chi connectivity index (χ4n) is 3.02. The minimum absolute atomic E-state index is 0.298. The summed E-state index contributed by atoms with van der Waals surface area (Å²) in [6, 6.07) is 17.3. The predicted molar refractivity (Wildman–Crippen MR) is 99.9 cm³/mol. The molecule has 5 aromatic rings. The van der Waals surface area contributed by atoms with E-state index in [4.69, 9.17) is 8.83 Å². The largest absolute Gasteiger partial charge is 0.454 e. The van der Waals surface area contributed by atoms with Crippen LogP contribution in [0.5, 0.6) is 0 Å². The number of hydrogen-bond donors (Lipinski definition) is 2. The summed E-state index contributed by atoms with van der Waals surface area (Å²) in [6.07, 6.45) is 0. The van der Waals surface area contributed by atoms with Crippen LogP contribution >= 0.6 is 0 Å². The highest BCUT2D eigenvalue weighted by molar-refractivity contribution is 5.93. The summed E-state index contributed by atoms with van der Waals surface area (Å²) in [4.78, 5) is 30.9. The quantitative estimate of drug-likeness (QED) is 0.444. The van der Waals surface area contributed by atoms with Crippen molar-refractivity contribution < 1.29 is 8.83 Å². The Morgan fingerprint density at radius 3 is 1.46 bits per heavy atom. The van der Waals surface area contributed by atoms with Crippen molar-refractivity contribution in [3.05, 3.63) is 81.4 Å². The minimum Gasteiger partial charge on any atom is -0.454 e. The lowest BCUT2D eigenvalue weighted by atomic mass is 10.2. The van der Waals surface area contributed by atoms with Crippen molar-refractivity contribution in [3.8, 4) is 0 Å². The van der Waals surface area contributed by atoms with Crippen LogP contribution in [-0.2, 0) is 0 Å². The second-order valence-electron chi connectivity index (χ2n) is 5.95. The van der Waals surface area contributed by atoms with Crippen molar-refractivity contribution in [1.29, 1.82) is 0 Å². The van der Waals surface area contributed by atoms with Crippen LogP contribution in [0.4, 0.5) is 0 Å². The lowest BCUT2D eigenvalue weighted by molar-refractivity contribution is 0.656. The topological polar surface area (TPSA) is 92.0 Å². The highest BCUT2D eigenvalue weighted by atomic mass is 16.3. The first-order valence-electron chi connectivity index (χ1n) is 8.03. The van der Waals surface area contributed by atoms with E-state index in [0.29, 0.717) is 44.1 Å². The van der Waals surface area contributed by atoms with Crippen molar-refractivity contribution in [3.63, 3.8) is 0 Å². The zero-order valence-corrected chi connectivity index (χ0v) is 13.4. The Morgan fingerprint density at radius 1 is 0.577 bits per heavy atom. The van der Waals surface area contributed by atoms with Crippen molar-refractivity contribution in [2.24, 2.45) is 0 Å². The number of hydrogen-bond acceptors (Lipinski definition) is 4. The third kappa shape index (κ3) is 2.20. The van der Waals surface area contributed by atoms with Crippen LogP contribution in [-0.4, -0.2) is 9.97 Å². The minimum atomic E-state index is -0.325. The molecular formula is C20H12N2O4. The van der Waals surface area contributed by atoms with E-state index in [-0.39, 0.29) is 11.1 Å². The standard InChI is InChI=1S/C20H12N2O4/c23-19-11-9-18-12(20(24)22-14-6-2-4-8-16(14)26-18)10-17(11)25-15-7-3-1-5-13(15)21-19/h1-10H,(H,21,23)(H,22,24). The summed E-state index contributed by atoms with van der Waals surface area (Å²) in [5.41, 5.74) is 2.12. The van der Waals surface area contributed by atoms with Gasteiger partial charge in [0.1, 0.15) is 11.2 Å². The van der Waals surface area contributed by atoms with E-state index < -0.39 is 0 Å². The van der Waals surface area contributed by atoms with Gasteiger partial charge in [0.25, 0.3) is 11.1 Å². The Hall–Kier alpha value is -3.80. The molecule has 2 heterocycles. The normalized spacial score (nSPS) is 11.4. The second-order valence-corrected chi connectivity index (χ2v) is 5.95. The number of aromatic amines is 2. The molecule has 0 saturated carbocycles. The predicted octanol–water partition coefficient (Wildman–Crippen LogP) is 3.99. The number of para-hydroxylation sites is 4. The van der Waals surface area contributed by atoms with Gasteiger partial charge in [0.05, 0.1) is 21.8 Å². The number of rotatable bonds is 0. The van der Waals surface area contributed by atoms with Crippen molar-refractivity contribution in [2.75, 3.05) is 0 Å². The average Bonchev–Trinajstić information content (AvgIpc) is 2.87. The average molecular weight is 344 g/mol. The fraction of sp³-hybridized carbons (Fsp3) is 0. The summed E-state index contributed by atoms with van der Waals surface area (Å²) >= 11 is 0. The van der Waals surface area contributed by atoms with Gasteiger partial charge in [0, 0.05) is 0 Å². The lowest BCUT2D eigenvalue weighted by Gasteiger charge is -1.94. The first kappa shape index (κ1) is 14.5. The summed E-state index contributed by atoms with van der Waals surface area (Å²) in [6.45, 7) is 0. The Balaban J connectivity index is 2.05. The molecule has 0 bridgehead atoms. The molecule has 0 atom stereocenters. The molecule has 0 fully saturated rings. The number of H-pyrrole nitrogens is 2. The molecular weight excluding hydrogens is 332 g/mol. The van der Waals surface area contributed by atoms with Crippen LogP contribution in [0.1, 0.15) is 0 Å². The number of benzene rings is 3. The summed E-state index contributed by atoms with van der Waals surface area (Å²) in [7, 11) is 0. The maximum atomic E-state index is 12.6. The Bertz CT molecular complexity index is 1370. The van der Waals surface area contributed by atoms with Crippen LogP contribution in [0.2, 0.25) is 0 Å². The molecule has 5 rings (SSSR count). The van der Waals surface area contributed by atoms with Crippen molar-refractivity contribution >= 4 is 44.1 Å². The SMILES string of the molecule is O=c1[nH]c2ccccc2oc2cc3c(=O)[nH]c4ccccc4oc3cc12. The van der Waals surface area contributed by atoms with Crippen LogP contribution < -0.4 is 11.1 Å². The molecule has 126 valence electrons. The molecule has 0 saturated heterocycles. The molecule has 2 N–H and O–H groups in total. The Morgan fingerprint density at radius 2 is 1.00 bits per heavy atom. The number of fused-ring (bicyclic) bond motifs is 4. The van der Waals surface area contributed by atoms with E-state index in [1.165, 1.54) is 12.1 Å². The van der Waals surface area contributed by atoms with Crippen LogP contribution in [0.3, 0.4) is 0 Å². The maximum Gasteiger partial charge on any atom is 0.259 e. The molecule has 0 aliphatic rings. The van der Waals surface area contributed by atoms with Gasteiger partial charge in [-0.25, -0.2) is 0 Å². The Kier molecular flexibility index (Phi) is 2.99. The monoisotopic (exact) mass is 344 g/mol. The van der Waals surface area contributed by atoms with E-state index in [2.05, 4.69) is 9.97 Å². The van der Waals surface area contributed by atoms with E-state index in [0.717, 1.165) is 0 Å². The van der Waals surface area contributed by atoms with Gasteiger partial charge in [0.15, 0.2) is 11.2 Å². The van der Waals surface area contributed by atoms with Gasteiger partial charge in [-0.2, -0.15) is 0 Å². The second kappa shape index (κ2) is 5.35. The van der Waals surface area contributed by atoms with E-state index in [9.17, 15) is 9.59 Å². The summed E-state index contributed by atoms with van der Waals surface area (Å²) in [5.74, 6) is 0. The highest BCUT2D eigenvalue weighted by Crippen LogP contribution is 2.22. The number of aromatic nitrogens is 2. The molecule has 2 aromatic heterocycles. The fourth-order valence-corrected chi connectivity index (χ4v) is 3.02. The van der Waals surface area contributed by atoms with Gasteiger partial charge in [0.2, 0.25) is 0 Å². The van der Waals surface area contributed by atoms with Crippen LogP contribution in [0.15, 0.2) is 79.1 Å². The van der Waals surface area contributed by atoms with Crippen LogP contribution in [0.25, 0.3) is 44.1 Å². The molecule has 6 heteroatoms. The molecule has 0 radical (unpaired) electrons. The van der Waals surface area contributed by atoms with E-state index >= 15 is 0 Å². The van der Waals surface area contributed by atoms with Crippen molar-refractivity contribution in [2.45, 2.75) is 0 Å². The van der Waals surface area contributed by atoms with Gasteiger partial charge >= 0.3 is 0 Å². The van der Waals surface area contributed by atoms with E-state index in [1.54, 1.807) is 36.4 Å². The molecule has 0 aliphatic carbocycles. The third-order valence-electron chi connectivity index (χ3n) is 4.28. The molecule has 3 aromatic carbocycles.